The first-order valence-electron chi connectivity index (χ1n) is 7.99. The highest BCUT2D eigenvalue weighted by Gasteiger charge is 2.24. The third-order valence-corrected chi connectivity index (χ3v) is 3.92. The second-order valence-corrected chi connectivity index (χ2v) is 7.87. The van der Waals surface area contributed by atoms with Crippen molar-refractivity contribution in [3.8, 4) is 5.75 Å². The largest absolute Gasteiger partial charge is 0.488 e. The van der Waals surface area contributed by atoms with Gasteiger partial charge < -0.3 is 4.74 Å². The lowest BCUT2D eigenvalue weighted by Crippen LogP contribution is -2.26. The Bertz CT molecular complexity index is 468. The van der Waals surface area contributed by atoms with Crippen LogP contribution >= 0.6 is 0 Å². The van der Waals surface area contributed by atoms with Crippen molar-refractivity contribution < 1.29 is 4.74 Å². The third kappa shape index (κ3) is 5.57. The van der Waals surface area contributed by atoms with Gasteiger partial charge in [0.05, 0.1) is 0 Å². The summed E-state index contributed by atoms with van der Waals surface area (Å²) in [7, 11) is 0. The average Bonchev–Trinajstić information content (AvgIpc) is 2.35. The molecule has 1 nitrogen and oxygen atoms in total. The number of rotatable bonds is 5. The molecule has 1 unspecified atom stereocenters. The summed E-state index contributed by atoms with van der Waals surface area (Å²) < 4.78 is 6.04. The first-order valence-corrected chi connectivity index (χ1v) is 7.99. The van der Waals surface area contributed by atoms with E-state index in [1.54, 1.807) is 0 Å². The molecular weight excluding hydrogens is 256 g/mol. The number of hydrogen-bond acceptors (Lipinski definition) is 1. The van der Waals surface area contributed by atoms with Gasteiger partial charge in [0.25, 0.3) is 0 Å². The Balaban J connectivity index is 3.01. The minimum absolute atomic E-state index is 0.106. The fourth-order valence-corrected chi connectivity index (χ4v) is 2.31. The van der Waals surface area contributed by atoms with Gasteiger partial charge in [0, 0.05) is 5.92 Å². The van der Waals surface area contributed by atoms with Crippen molar-refractivity contribution in [3.63, 3.8) is 0 Å². The van der Waals surface area contributed by atoms with Gasteiger partial charge in [-0.2, -0.15) is 0 Å². The van der Waals surface area contributed by atoms with Gasteiger partial charge in [-0.05, 0) is 57.2 Å². The monoisotopic (exact) mass is 288 g/mol. The van der Waals surface area contributed by atoms with Gasteiger partial charge in [-0.15, -0.1) is 0 Å². The molecule has 118 valence electrons. The quantitative estimate of drug-likeness (QED) is 0.574. The summed E-state index contributed by atoms with van der Waals surface area (Å²) in [5.74, 6) is 1.38. The predicted octanol–water partition coefficient (Wildman–Crippen LogP) is 6.35. The molecule has 0 heterocycles. The lowest BCUT2D eigenvalue weighted by atomic mass is 9.76. The second kappa shape index (κ2) is 6.68. The van der Waals surface area contributed by atoms with Crippen molar-refractivity contribution in [2.75, 3.05) is 0 Å². The Kier molecular flexibility index (Phi) is 5.67. The Morgan fingerprint density at radius 3 is 1.95 bits per heavy atom. The second-order valence-electron chi connectivity index (χ2n) is 7.87. The smallest absolute Gasteiger partial charge is 0.120 e. The van der Waals surface area contributed by atoms with Crippen LogP contribution < -0.4 is 4.74 Å². The Morgan fingerprint density at radius 2 is 1.57 bits per heavy atom. The molecule has 0 saturated heterocycles. The average molecular weight is 288 g/mol. The molecule has 1 aromatic carbocycles. The number of ether oxygens (including phenoxy) is 1. The van der Waals surface area contributed by atoms with E-state index in [2.05, 4.69) is 85.7 Å². The zero-order valence-corrected chi connectivity index (χ0v) is 15.1. The molecule has 0 spiro atoms. The van der Waals surface area contributed by atoms with Crippen molar-refractivity contribution in [3.05, 3.63) is 41.5 Å². The molecule has 1 atom stereocenters. The van der Waals surface area contributed by atoms with Crippen LogP contribution in [0, 0.1) is 5.41 Å². The van der Waals surface area contributed by atoms with Crippen LogP contribution in [0.3, 0.4) is 0 Å². The Hall–Kier alpha value is -1.24. The normalized spacial score (nSPS) is 13.7. The van der Waals surface area contributed by atoms with Crippen LogP contribution in [-0.4, -0.2) is 5.60 Å². The van der Waals surface area contributed by atoms with Crippen molar-refractivity contribution in [2.24, 2.45) is 5.41 Å². The van der Waals surface area contributed by atoms with Crippen molar-refractivity contribution in [2.45, 2.75) is 73.3 Å². The molecule has 0 amide bonds. The highest BCUT2D eigenvalue weighted by atomic mass is 16.5. The molecule has 1 heteroatoms. The topological polar surface area (TPSA) is 9.23 Å². The number of allylic oxidation sites excluding steroid dienone is 2. The van der Waals surface area contributed by atoms with Crippen LogP contribution in [0.1, 0.15) is 73.3 Å². The van der Waals surface area contributed by atoms with Crippen LogP contribution in [0.5, 0.6) is 5.75 Å². The van der Waals surface area contributed by atoms with E-state index in [9.17, 15) is 0 Å². The maximum atomic E-state index is 6.04. The molecule has 0 aromatic heterocycles. The molecule has 1 aromatic rings. The SMILES string of the molecule is CCC(C)(C)Oc1ccc(C(C=C(C)C)C(C)(C)C)cc1. The van der Waals surface area contributed by atoms with E-state index < -0.39 is 0 Å². The molecule has 0 bridgehead atoms. The highest BCUT2D eigenvalue weighted by Crippen LogP contribution is 2.37. The summed E-state index contributed by atoms with van der Waals surface area (Å²) in [6, 6.07) is 8.61. The lowest BCUT2D eigenvalue weighted by Gasteiger charge is -2.30. The molecule has 0 aliphatic heterocycles. The molecule has 0 N–H and O–H groups in total. The van der Waals surface area contributed by atoms with Gasteiger partial charge >= 0.3 is 0 Å². The fraction of sp³-hybridized carbons (Fsp3) is 0.600. The number of hydrogen-bond donors (Lipinski definition) is 0. The zero-order valence-electron chi connectivity index (χ0n) is 15.1. The van der Waals surface area contributed by atoms with Crippen LogP contribution in [0.15, 0.2) is 35.9 Å². The third-order valence-electron chi connectivity index (χ3n) is 3.92. The van der Waals surface area contributed by atoms with E-state index in [0.717, 1.165) is 12.2 Å². The maximum absolute atomic E-state index is 6.04. The summed E-state index contributed by atoms with van der Waals surface area (Å²) in [6.45, 7) is 17.6. The summed E-state index contributed by atoms with van der Waals surface area (Å²) in [4.78, 5) is 0. The summed E-state index contributed by atoms with van der Waals surface area (Å²) in [5, 5.41) is 0. The van der Waals surface area contributed by atoms with Crippen molar-refractivity contribution in [1.82, 2.24) is 0 Å². The fourth-order valence-electron chi connectivity index (χ4n) is 2.31. The molecule has 21 heavy (non-hydrogen) atoms. The summed E-state index contributed by atoms with van der Waals surface area (Å²) >= 11 is 0. The first kappa shape index (κ1) is 17.8. The van der Waals surface area contributed by atoms with E-state index in [4.69, 9.17) is 4.74 Å². The summed E-state index contributed by atoms with van der Waals surface area (Å²) in [5.41, 5.74) is 2.82. The zero-order chi connectivity index (χ0) is 16.3. The van der Waals surface area contributed by atoms with Crippen LogP contribution in [0.25, 0.3) is 0 Å². The van der Waals surface area contributed by atoms with Gasteiger partial charge in [-0.25, -0.2) is 0 Å². The predicted molar refractivity (Wildman–Crippen MR) is 93.1 cm³/mol. The molecule has 0 fully saturated rings. The van der Waals surface area contributed by atoms with Crippen LogP contribution in [-0.2, 0) is 0 Å². The highest BCUT2D eigenvalue weighted by molar-refractivity contribution is 5.33. The lowest BCUT2D eigenvalue weighted by molar-refractivity contribution is 0.105. The van der Waals surface area contributed by atoms with Gasteiger partial charge in [0.1, 0.15) is 11.4 Å². The minimum atomic E-state index is -0.106. The summed E-state index contributed by atoms with van der Waals surface area (Å²) in [6.07, 6.45) is 3.36. The molecular formula is C20H32O. The molecule has 1 rings (SSSR count). The molecule has 0 saturated carbocycles. The van der Waals surface area contributed by atoms with E-state index in [-0.39, 0.29) is 11.0 Å². The van der Waals surface area contributed by atoms with E-state index in [0.29, 0.717) is 5.92 Å². The molecule has 0 aliphatic rings. The van der Waals surface area contributed by atoms with E-state index in [1.165, 1.54) is 11.1 Å². The standard InChI is InChI=1S/C20H32O/c1-9-20(7,8)21-17-12-10-16(11-13-17)18(14-15(2)3)19(4,5)6/h10-14,18H,9H2,1-8H3. The minimum Gasteiger partial charge on any atom is -0.488 e. The van der Waals surface area contributed by atoms with Crippen molar-refractivity contribution >= 4 is 0 Å². The van der Waals surface area contributed by atoms with Gasteiger partial charge in [-0.1, -0.05) is 51.5 Å². The number of benzene rings is 1. The van der Waals surface area contributed by atoms with Crippen LogP contribution in [0.2, 0.25) is 0 Å². The van der Waals surface area contributed by atoms with Crippen LogP contribution in [0.4, 0.5) is 0 Å². The van der Waals surface area contributed by atoms with E-state index in [1.807, 2.05) is 0 Å². The molecule has 0 radical (unpaired) electrons. The Morgan fingerprint density at radius 1 is 1.05 bits per heavy atom. The van der Waals surface area contributed by atoms with Gasteiger partial charge in [0.2, 0.25) is 0 Å². The molecule has 0 aliphatic carbocycles. The van der Waals surface area contributed by atoms with Gasteiger partial charge in [-0.3, -0.25) is 0 Å². The van der Waals surface area contributed by atoms with Gasteiger partial charge in [0.15, 0.2) is 0 Å². The van der Waals surface area contributed by atoms with Crippen molar-refractivity contribution in [1.29, 1.82) is 0 Å². The maximum Gasteiger partial charge on any atom is 0.120 e. The van der Waals surface area contributed by atoms with E-state index >= 15 is 0 Å². The Labute approximate surface area is 131 Å². The first-order chi connectivity index (χ1) is 9.55.